The van der Waals surface area contributed by atoms with Crippen LogP contribution in [0.25, 0.3) is 0 Å². The third-order valence-corrected chi connectivity index (χ3v) is 1.75. The molecule has 0 saturated heterocycles. The number of esters is 1. The summed E-state index contributed by atoms with van der Waals surface area (Å²) in [6.07, 6.45) is 1.35. The van der Waals surface area contributed by atoms with Crippen LogP contribution in [-0.4, -0.2) is 23.3 Å². The van der Waals surface area contributed by atoms with Gasteiger partial charge in [-0.25, -0.2) is 0 Å². The van der Waals surface area contributed by atoms with E-state index < -0.39 is 6.10 Å². The minimum absolute atomic E-state index is 0.215. The molecule has 1 unspecified atom stereocenters. The van der Waals surface area contributed by atoms with Crippen molar-refractivity contribution in [3.8, 4) is 0 Å². The van der Waals surface area contributed by atoms with Crippen LogP contribution in [0.15, 0.2) is 0 Å². The van der Waals surface area contributed by atoms with Crippen molar-refractivity contribution in [3.63, 3.8) is 0 Å². The molecule has 0 aromatic heterocycles. The molecule has 10 heavy (non-hydrogen) atoms. The van der Waals surface area contributed by atoms with E-state index in [9.17, 15) is 4.79 Å². The number of aliphatic hydroxyl groups is 1. The highest BCUT2D eigenvalue weighted by molar-refractivity contribution is 5.69. The largest absolute Gasteiger partial charge is 0.460 e. The normalized spacial score (nSPS) is 31.0. The smallest absolute Gasteiger partial charge is 0.305 e. The molecule has 2 atom stereocenters. The van der Waals surface area contributed by atoms with Gasteiger partial charge in [-0.2, -0.15) is 0 Å². The molecule has 0 radical (unpaired) electrons. The van der Waals surface area contributed by atoms with E-state index in [1.54, 1.807) is 6.92 Å². The summed E-state index contributed by atoms with van der Waals surface area (Å²) in [5.74, 6) is -0.219. The van der Waals surface area contributed by atoms with Gasteiger partial charge >= 0.3 is 5.97 Å². The summed E-state index contributed by atoms with van der Waals surface area (Å²) < 4.78 is 4.86. The lowest BCUT2D eigenvalue weighted by Crippen LogP contribution is -2.40. The van der Waals surface area contributed by atoms with Gasteiger partial charge in [-0.1, -0.05) is 6.92 Å². The SMILES string of the molecule is CCC(=O)OC1CC[C@@H]1O. The number of hydrogen-bond acceptors (Lipinski definition) is 3. The van der Waals surface area contributed by atoms with E-state index in [1.165, 1.54) is 0 Å². The second-order valence-corrected chi connectivity index (χ2v) is 2.53. The Labute approximate surface area is 60.0 Å². The van der Waals surface area contributed by atoms with Gasteiger partial charge in [0.2, 0.25) is 0 Å². The van der Waals surface area contributed by atoms with E-state index in [1.807, 2.05) is 0 Å². The first-order valence-corrected chi connectivity index (χ1v) is 3.61. The summed E-state index contributed by atoms with van der Waals surface area (Å²) in [4.78, 5) is 10.6. The van der Waals surface area contributed by atoms with Gasteiger partial charge in [0, 0.05) is 6.42 Å². The Bertz CT molecular complexity index is 133. The van der Waals surface area contributed by atoms with Crippen LogP contribution < -0.4 is 0 Å². The van der Waals surface area contributed by atoms with Gasteiger partial charge in [-0.05, 0) is 12.8 Å². The van der Waals surface area contributed by atoms with Gasteiger partial charge in [-0.3, -0.25) is 4.79 Å². The summed E-state index contributed by atoms with van der Waals surface area (Å²) >= 11 is 0. The molecule has 0 aliphatic heterocycles. The Kier molecular flexibility index (Phi) is 2.27. The van der Waals surface area contributed by atoms with E-state index in [0.717, 1.165) is 12.8 Å². The topological polar surface area (TPSA) is 46.5 Å². The monoisotopic (exact) mass is 144 g/mol. The molecule has 3 heteroatoms. The van der Waals surface area contributed by atoms with Crippen LogP contribution in [0.4, 0.5) is 0 Å². The van der Waals surface area contributed by atoms with Crippen molar-refractivity contribution in [2.75, 3.05) is 0 Å². The molecule has 0 amide bonds. The molecular formula is C7H12O3. The molecule has 1 saturated carbocycles. The fourth-order valence-electron chi connectivity index (χ4n) is 0.841. The third kappa shape index (κ3) is 1.48. The van der Waals surface area contributed by atoms with Gasteiger partial charge < -0.3 is 9.84 Å². The summed E-state index contributed by atoms with van der Waals surface area (Å²) in [6.45, 7) is 1.74. The summed E-state index contributed by atoms with van der Waals surface area (Å²) in [7, 11) is 0. The molecule has 0 spiro atoms. The van der Waals surface area contributed by atoms with Crippen LogP contribution in [0, 0.1) is 0 Å². The maximum Gasteiger partial charge on any atom is 0.305 e. The lowest BCUT2D eigenvalue weighted by atomic mass is 9.92. The predicted octanol–water partition coefficient (Wildman–Crippen LogP) is 0.463. The van der Waals surface area contributed by atoms with Gasteiger partial charge in [0.25, 0.3) is 0 Å². The molecule has 1 aliphatic carbocycles. The van der Waals surface area contributed by atoms with E-state index >= 15 is 0 Å². The molecular weight excluding hydrogens is 132 g/mol. The zero-order valence-electron chi connectivity index (χ0n) is 6.04. The predicted molar refractivity (Wildman–Crippen MR) is 35.4 cm³/mol. The van der Waals surface area contributed by atoms with Crippen molar-refractivity contribution < 1.29 is 14.6 Å². The average molecular weight is 144 g/mol. The minimum Gasteiger partial charge on any atom is -0.460 e. The number of ether oxygens (including phenoxy) is 1. The number of aliphatic hydroxyl groups excluding tert-OH is 1. The van der Waals surface area contributed by atoms with Crippen LogP contribution in [0.3, 0.4) is 0 Å². The van der Waals surface area contributed by atoms with E-state index in [4.69, 9.17) is 9.84 Å². The number of hydrogen-bond donors (Lipinski definition) is 1. The highest BCUT2D eigenvalue weighted by Crippen LogP contribution is 2.23. The molecule has 1 rings (SSSR count). The molecule has 0 aromatic rings. The lowest BCUT2D eigenvalue weighted by Gasteiger charge is -2.31. The maximum atomic E-state index is 10.6. The zero-order valence-corrected chi connectivity index (χ0v) is 6.04. The minimum atomic E-state index is -0.407. The molecule has 0 heterocycles. The fraction of sp³-hybridized carbons (Fsp3) is 0.857. The highest BCUT2D eigenvalue weighted by Gasteiger charge is 2.31. The first-order chi connectivity index (χ1) is 4.74. The van der Waals surface area contributed by atoms with Crippen molar-refractivity contribution in [1.82, 2.24) is 0 Å². The van der Waals surface area contributed by atoms with Crippen molar-refractivity contribution in [2.45, 2.75) is 38.4 Å². The Balaban J connectivity index is 2.19. The molecule has 58 valence electrons. The highest BCUT2D eigenvalue weighted by atomic mass is 16.6. The number of carbonyl (C=O) groups is 1. The van der Waals surface area contributed by atoms with Crippen molar-refractivity contribution in [1.29, 1.82) is 0 Å². The van der Waals surface area contributed by atoms with Crippen molar-refractivity contribution in [2.24, 2.45) is 0 Å². The van der Waals surface area contributed by atoms with Crippen LogP contribution >= 0.6 is 0 Å². The van der Waals surface area contributed by atoms with Crippen molar-refractivity contribution >= 4 is 5.97 Å². The molecule has 3 nitrogen and oxygen atoms in total. The van der Waals surface area contributed by atoms with Gasteiger partial charge in [0.15, 0.2) is 0 Å². The summed E-state index contributed by atoms with van der Waals surface area (Å²) in [6, 6.07) is 0. The number of rotatable bonds is 2. The quantitative estimate of drug-likeness (QED) is 0.573. The van der Waals surface area contributed by atoms with Gasteiger partial charge in [-0.15, -0.1) is 0 Å². The maximum absolute atomic E-state index is 10.6. The van der Waals surface area contributed by atoms with Gasteiger partial charge in [0.05, 0.1) is 6.10 Å². The second kappa shape index (κ2) is 3.01. The van der Waals surface area contributed by atoms with Crippen LogP contribution in [0.1, 0.15) is 26.2 Å². The first-order valence-electron chi connectivity index (χ1n) is 3.61. The van der Waals surface area contributed by atoms with E-state index in [0.29, 0.717) is 6.42 Å². The average Bonchev–Trinajstić information content (AvgIpc) is 1.96. The molecule has 0 aromatic carbocycles. The zero-order chi connectivity index (χ0) is 7.56. The Hall–Kier alpha value is -0.570. The number of carbonyl (C=O) groups excluding carboxylic acids is 1. The molecule has 0 bridgehead atoms. The Morgan fingerprint density at radius 2 is 2.40 bits per heavy atom. The Morgan fingerprint density at radius 1 is 1.70 bits per heavy atom. The third-order valence-electron chi connectivity index (χ3n) is 1.75. The molecule has 1 fully saturated rings. The molecule has 1 aliphatic rings. The van der Waals surface area contributed by atoms with Crippen LogP contribution in [0.5, 0.6) is 0 Å². The molecule has 1 N–H and O–H groups in total. The van der Waals surface area contributed by atoms with Crippen LogP contribution in [0.2, 0.25) is 0 Å². The fourth-order valence-corrected chi connectivity index (χ4v) is 0.841. The lowest BCUT2D eigenvalue weighted by molar-refractivity contribution is -0.164. The summed E-state index contributed by atoms with van der Waals surface area (Å²) in [5, 5.41) is 8.97. The Morgan fingerprint density at radius 3 is 2.70 bits per heavy atom. The van der Waals surface area contributed by atoms with Crippen LogP contribution in [-0.2, 0) is 9.53 Å². The standard InChI is InChI=1S/C7H12O3/c1-2-7(9)10-6-4-3-5(6)8/h5-6,8H,2-4H2,1H3/t5-,6?/m0/s1. The van der Waals surface area contributed by atoms with E-state index in [-0.39, 0.29) is 12.1 Å². The first kappa shape index (κ1) is 7.54. The van der Waals surface area contributed by atoms with E-state index in [2.05, 4.69) is 0 Å². The second-order valence-electron chi connectivity index (χ2n) is 2.53. The van der Waals surface area contributed by atoms with Crippen molar-refractivity contribution in [3.05, 3.63) is 0 Å². The summed E-state index contributed by atoms with van der Waals surface area (Å²) in [5.41, 5.74) is 0. The van der Waals surface area contributed by atoms with Gasteiger partial charge in [0.1, 0.15) is 6.10 Å².